The van der Waals surface area contributed by atoms with Crippen LogP contribution in [-0.2, 0) is 16.9 Å². The molecule has 37 heavy (non-hydrogen) atoms. The summed E-state index contributed by atoms with van der Waals surface area (Å²) in [6.07, 6.45) is 0.262. The molecule has 1 heterocycles. The summed E-state index contributed by atoms with van der Waals surface area (Å²) < 4.78 is 20.8. The predicted molar refractivity (Wildman–Crippen MR) is 139 cm³/mol. The lowest BCUT2D eigenvalue weighted by molar-refractivity contribution is -0.145. The number of nitrogens with one attached hydrogen (secondary N) is 1. The lowest BCUT2D eigenvalue weighted by Gasteiger charge is -2.30. The molecule has 0 amide bonds. The van der Waals surface area contributed by atoms with Crippen LogP contribution >= 0.6 is 0 Å². The van der Waals surface area contributed by atoms with Gasteiger partial charge in [-0.15, -0.1) is 0 Å². The number of methoxy groups -OCH3 is 1. The van der Waals surface area contributed by atoms with Crippen molar-refractivity contribution >= 4 is 16.7 Å². The van der Waals surface area contributed by atoms with Crippen LogP contribution in [0, 0.1) is 17.1 Å². The van der Waals surface area contributed by atoms with Crippen molar-refractivity contribution in [3.63, 3.8) is 0 Å². The Balaban J connectivity index is 1.84. The molecule has 188 valence electrons. The fourth-order valence-corrected chi connectivity index (χ4v) is 4.70. The molecule has 0 spiro atoms. The van der Waals surface area contributed by atoms with Gasteiger partial charge in [0.1, 0.15) is 28.9 Å². The highest BCUT2D eigenvalue weighted by Crippen LogP contribution is 2.33. The molecular formula is C29H26FN3O4. The fourth-order valence-electron chi connectivity index (χ4n) is 4.70. The van der Waals surface area contributed by atoms with E-state index < -0.39 is 22.9 Å². The van der Waals surface area contributed by atoms with Crippen molar-refractivity contribution in [2.45, 2.75) is 25.4 Å². The van der Waals surface area contributed by atoms with Gasteiger partial charge in [0.05, 0.1) is 7.11 Å². The summed E-state index contributed by atoms with van der Waals surface area (Å²) in [5, 5.41) is 24.2. The Morgan fingerprint density at radius 1 is 1.11 bits per heavy atom. The Labute approximate surface area is 213 Å². The van der Waals surface area contributed by atoms with Crippen LogP contribution in [0.2, 0.25) is 0 Å². The summed E-state index contributed by atoms with van der Waals surface area (Å²) >= 11 is 0. The van der Waals surface area contributed by atoms with E-state index in [1.165, 1.54) is 29.9 Å². The first kappa shape index (κ1) is 25.6. The lowest BCUT2D eigenvalue weighted by atomic mass is 9.87. The minimum atomic E-state index is -1.37. The molecule has 2 N–H and O–H groups in total. The number of fused-ring (bicyclic) bond motifs is 1. The van der Waals surface area contributed by atoms with E-state index in [2.05, 4.69) is 11.4 Å². The van der Waals surface area contributed by atoms with Crippen molar-refractivity contribution in [1.82, 2.24) is 9.88 Å². The molecule has 1 unspecified atom stereocenters. The van der Waals surface area contributed by atoms with Crippen LogP contribution in [0.1, 0.15) is 24.6 Å². The number of aliphatic carboxylic acids is 1. The number of nitriles is 1. The number of rotatable bonds is 9. The molecule has 8 heteroatoms. The van der Waals surface area contributed by atoms with Gasteiger partial charge in [0, 0.05) is 29.4 Å². The Morgan fingerprint density at radius 3 is 2.49 bits per heavy atom. The van der Waals surface area contributed by atoms with Crippen molar-refractivity contribution in [3.05, 3.63) is 100 Å². The van der Waals surface area contributed by atoms with Gasteiger partial charge in [0.25, 0.3) is 5.56 Å². The number of hydrogen-bond donors (Lipinski definition) is 2. The van der Waals surface area contributed by atoms with E-state index >= 15 is 0 Å². The quantitative estimate of drug-likeness (QED) is 0.347. The van der Waals surface area contributed by atoms with Gasteiger partial charge >= 0.3 is 5.97 Å². The van der Waals surface area contributed by atoms with Crippen LogP contribution in [0.5, 0.6) is 5.75 Å². The average molecular weight is 500 g/mol. The third-order valence-corrected chi connectivity index (χ3v) is 6.62. The van der Waals surface area contributed by atoms with E-state index in [4.69, 9.17) is 4.74 Å². The van der Waals surface area contributed by atoms with Crippen molar-refractivity contribution in [2.75, 3.05) is 13.7 Å². The first-order valence-corrected chi connectivity index (χ1v) is 11.8. The van der Waals surface area contributed by atoms with E-state index in [9.17, 15) is 24.3 Å². The second kappa shape index (κ2) is 10.6. The first-order chi connectivity index (χ1) is 17.9. The van der Waals surface area contributed by atoms with Gasteiger partial charge in [-0.05, 0) is 47.9 Å². The van der Waals surface area contributed by atoms with Crippen LogP contribution < -0.4 is 15.6 Å². The van der Waals surface area contributed by atoms with Crippen molar-refractivity contribution in [2.24, 2.45) is 0 Å². The van der Waals surface area contributed by atoms with Crippen LogP contribution in [0.4, 0.5) is 4.39 Å². The number of nitrogens with zero attached hydrogens (tertiary/aromatic N) is 2. The molecular weight excluding hydrogens is 473 g/mol. The van der Waals surface area contributed by atoms with E-state index in [1.807, 2.05) is 6.07 Å². The number of hydrogen-bond acceptors (Lipinski definition) is 5. The van der Waals surface area contributed by atoms with Crippen LogP contribution in [-0.4, -0.2) is 29.3 Å². The fraction of sp³-hybridized carbons (Fsp3) is 0.207. The van der Waals surface area contributed by atoms with Crippen LogP contribution in [0.25, 0.3) is 21.9 Å². The van der Waals surface area contributed by atoms with Crippen molar-refractivity contribution < 1.29 is 19.0 Å². The summed E-state index contributed by atoms with van der Waals surface area (Å²) in [6, 6.07) is 21.7. The number of carboxylic acids is 1. The zero-order valence-electron chi connectivity index (χ0n) is 20.5. The lowest BCUT2D eigenvalue weighted by Crippen LogP contribution is -2.50. The van der Waals surface area contributed by atoms with E-state index in [0.717, 1.165) is 0 Å². The zero-order valence-corrected chi connectivity index (χ0v) is 20.5. The highest BCUT2D eigenvalue weighted by molar-refractivity contribution is 5.99. The van der Waals surface area contributed by atoms with Crippen molar-refractivity contribution in [3.8, 4) is 22.9 Å². The summed E-state index contributed by atoms with van der Waals surface area (Å²) in [7, 11) is 1.50. The molecule has 0 radical (unpaired) electrons. The summed E-state index contributed by atoms with van der Waals surface area (Å²) in [5.74, 6) is -1.03. The maximum absolute atomic E-state index is 14.2. The molecule has 4 rings (SSSR count). The average Bonchev–Trinajstić information content (AvgIpc) is 2.92. The topological polar surface area (TPSA) is 104 Å². The molecule has 0 bridgehead atoms. The maximum atomic E-state index is 14.2. The second-order valence-electron chi connectivity index (χ2n) is 8.57. The van der Waals surface area contributed by atoms with E-state index in [0.29, 0.717) is 33.2 Å². The minimum Gasteiger partial charge on any atom is -0.497 e. The Hall–Kier alpha value is -4.48. The molecule has 0 saturated heterocycles. The van der Waals surface area contributed by atoms with Gasteiger partial charge in [0.15, 0.2) is 0 Å². The van der Waals surface area contributed by atoms with Gasteiger partial charge in [-0.2, -0.15) is 5.26 Å². The van der Waals surface area contributed by atoms with Gasteiger partial charge in [0.2, 0.25) is 0 Å². The summed E-state index contributed by atoms with van der Waals surface area (Å²) in [4.78, 5) is 25.9. The second-order valence-corrected chi connectivity index (χ2v) is 8.57. The Bertz CT molecular complexity index is 1560. The minimum absolute atomic E-state index is 0.0217. The smallest absolute Gasteiger partial charge is 0.328 e. The van der Waals surface area contributed by atoms with Crippen LogP contribution in [0.3, 0.4) is 0 Å². The number of aromatic nitrogens is 1. The molecule has 0 aliphatic carbocycles. The van der Waals surface area contributed by atoms with Gasteiger partial charge in [-0.3, -0.25) is 14.7 Å². The molecule has 3 aromatic carbocycles. The zero-order chi connectivity index (χ0) is 26.6. The molecule has 0 aliphatic rings. The molecule has 0 fully saturated rings. The summed E-state index contributed by atoms with van der Waals surface area (Å²) in [6.45, 7) is 1.88. The van der Waals surface area contributed by atoms with Gasteiger partial charge in [-0.1, -0.05) is 49.4 Å². The highest BCUT2D eigenvalue weighted by Gasteiger charge is 2.38. The number of carboxylic acid groups (broad SMARTS) is 1. The van der Waals surface area contributed by atoms with Crippen molar-refractivity contribution in [1.29, 1.82) is 5.26 Å². The maximum Gasteiger partial charge on any atom is 0.328 e. The number of carbonyl (C=O) groups is 1. The molecule has 7 nitrogen and oxygen atoms in total. The number of benzene rings is 3. The van der Waals surface area contributed by atoms with Gasteiger partial charge in [-0.25, -0.2) is 9.18 Å². The van der Waals surface area contributed by atoms with E-state index in [-0.39, 0.29) is 25.2 Å². The normalized spacial score (nSPS) is 12.6. The van der Waals surface area contributed by atoms with Gasteiger partial charge < -0.3 is 9.84 Å². The number of pyridine rings is 1. The number of ether oxygens (including phenoxy) is 1. The summed E-state index contributed by atoms with van der Waals surface area (Å²) in [5.41, 5.74) is -0.298. The standard InChI is InChI=1S/C29H26FN3O4/c1-3-29(28(35)36,20-9-5-4-6-10-20)32-14-15-33-25(18-31)26(19-8-7-11-21(30)16-19)24-17-22(37-2)12-13-23(24)27(33)34/h4-13,16-17,32H,3,14-15H2,1-2H3,(H,35,36). The molecule has 1 atom stereocenters. The Kier molecular flexibility index (Phi) is 7.37. The highest BCUT2D eigenvalue weighted by atomic mass is 19.1. The molecule has 1 aromatic heterocycles. The SMILES string of the molecule is CCC(NCCn1c(C#N)c(-c2cccc(F)c2)c2cc(OC)ccc2c1=O)(C(=O)O)c1ccccc1. The van der Waals surface area contributed by atoms with Crippen LogP contribution in [0.15, 0.2) is 77.6 Å². The predicted octanol–water partition coefficient (Wildman–Crippen LogP) is 4.67. The molecule has 0 saturated carbocycles. The first-order valence-electron chi connectivity index (χ1n) is 11.8. The third-order valence-electron chi connectivity index (χ3n) is 6.62. The van der Waals surface area contributed by atoms with E-state index in [1.54, 1.807) is 55.5 Å². The number of halogens is 1. The molecule has 0 aliphatic heterocycles. The largest absolute Gasteiger partial charge is 0.497 e. The Morgan fingerprint density at radius 2 is 1.86 bits per heavy atom. The monoisotopic (exact) mass is 499 g/mol. The third kappa shape index (κ3) is 4.69. The molecule has 4 aromatic rings.